The van der Waals surface area contributed by atoms with Gasteiger partial charge >= 0.3 is 0 Å². The minimum atomic E-state index is -0.122. The monoisotopic (exact) mass is 299 g/mol. The average molecular weight is 300 g/mol. The highest BCUT2D eigenvalue weighted by Crippen LogP contribution is 2.33. The van der Waals surface area contributed by atoms with Gasteiger partial charge in [0.2, 0.25) is 5.91 Å². The Balaban J connectivity index is 1.76. The van der Waals surface area contributed by atoms with Gasteiger partial charge in [0.25, 0.3) is 0 Å². The SMILES string of the molecule is CC1CCCC(CCl)(NC(=O)CCC2CCCCC2)C1. The molecule has 0 aromatic heterocycles. The lowest BCUT2D eigenvalue weighted by Gasteiger charge is -2.39. The molecule has 2 rings (SSSR count). The second-order valence-electron chi connectivity index (χ2n) is 7.21. The van der Waals surface area contributed by atoms with E-state index in [1.807, 2.05) is 0 Å². The van der Waals surface area contributed by atoms with Gasteiger partial charge in [0, 0.05) is 12.3 Å². The van der Waals surface area contributed by atoms with E-state index in [2.05, 4.69) is 12.2 Å². The molecule has 0 radical (unpaired) electrons. The summed E-state index contributed by atoms with van der Waals surface area (Å²) in [5.74, 6) is 2.25. The maximum absolute atomic E-state index is 12.3. The molecule has 3 heteroatoms. The molecule has 2 aliphatic rings. The van der Waals surface area contributed by atoms with E-state index >= 15 is 0 Å². The topological polar surface area (TPSA) is 29.1 Å². The smallest absolute Gasteiger partial charge is 0.220 e. The van der Waals surface area contributed by atoms with E-state index in [0.717, 1.165) is 25.2 Å². The van der Waals surface area contributed by atoms with Crippen molar-refractivity contribution in [1.29, 1.82) is 0 Å². The first-order chi connectivity index (χ1) is 9.63. The molecule has 1 N–H and O–H groups in total. The Morgan fingerprint density at radius 2 is 1.95 bits per heavy atom. The van der Waals surface area contributed by atoms with Gasteiger partial charge in [-0.1, -0.05) is 51.9 Å². The van der Waals surface area contributed by atoms with Crippen molar-refractivity contribution in [3.8, 4) is 0 Å². The van der Waals surface area contributed by atoms with Gasteiger partial charge in [0.15, 0.2) is 0 Å². The molecule has 0 aromatic carbocycles. The number of nitrogens with one attached hydrogen (secondary N) is 1. The van der Waals surface area contributed by atoms with Gasteiger partial charge in [-0.05, 0) is 31.1 Å². The van der Waals surface area contributed by atoms with Gasteiger partial charge < -0.3 is 5.32 Å². The Kier molecular flexibility index (Phi) is 6.20. The lowest BCUT2D eigenvalue weighted by molar-refractivity contribution is -0.123. The fourth-order valence-corrected chi connectivity index (χ4v) is 4.41. The number of hydrogen-bond donors (Lipinski definition) is 1. The third kappa shape index (κ3) is 4.65. The van der Waals surface area contributed by atoms with Gasteiger partial charge in [-0.2, -0.15) is 0 Å². The first kappa shape index (κ1) is 16.1. The molecule has 0 heterocycles. The van der Waals surface area contributed by atoms with Crippen molar-refractivity contribution in [3.05, 3.63) is 0 Å². The van der Waals surface area contributed by atoms with E-state index in [0.29, 0.717) is 18.2 Å². The van der Waals surface area contributed by atoms with E-state index in [1.165, 1.54) is 44.9 Å². The molecule has 0 bridgehead atoms. The predicted octanol–water partition coefficient (Wildman–Crippen LogP) is 4.65. The van der Waals surface area contributed by atoms with Crippen molar-refractivity contribution in [1.82, 2.24) is 5.32 Å². The Morgan fingerprint density at radius 3 is 2.60 bits per heavy atom. The number of alkyl halides is 1. The van der Waals surface area contributed by atoms with Gasteiger partial charge in [-0.25, -0.2) is 0 Å². The van der Waals surface area contributed by atoms with Crippen molar-refractivity contribution in [2.75, 3.05) is 5.88 Å². The lowest BCUT2D eigenvalue weighted by atomic mass is 9.77. The Labute approximate surface area is 129 Å². The van der Waals surface area contributed by atoms with Crippen LogP contribution in [0.3, 0.4) is 0 Å². The second-order valence-corrected chi connectivity index (χ2v) is 7.47. The fourth-order valence-electron chi connectivity index (χ4n) is 4.10. The van der Waals surface area contributed by atoms with Crippen molar-refractivity contribution < 1.29 is 4.79 Å². The third-order valence-corrected chi connectivity index (χ3v) is 5.77. The average Bonchev–Trinajstić information content (AvgIpc) is 2.46. The minimum Gasteiger partial charge on any atom is -0.349 e. The van der Waals surface area contributed by atoms with Gasteiger partial charge in [-0.15, -0.1) is 11.6 Å². The highest BCUT2D eigenvalue weighted by Gasteiger charge is 2.35. The summed E-state index contributed by atoms with van der Waals surface area (Å²) >= 11 is 6.18. The van der Waals surface area contributed by atoms with E-state index in [-0.39, 0.29) is 11.4 Å². The van der Waals surface area contributed by atoms with Gasteiger partial charge in [0.1, 0.15) is 0 Å². The highest BCUT2D eigenvalue weighted by atomic mass is 35.5. The summed E-state index contributed by atoms with van der Waals surface area (Å²) in [5.41, 5.74) is -0.122. The molecular formula is C17H30ClNO. The molecule has 20 heavy (non-hydrogen) atoms. The Hall–Kier alpha value is -0.240. The highest BCUT2D eigenvalue weighted by molar-refractivity contribution is 6.18. The summed E-state index contributed by atoms with van der Waals surface area (Å²) in [4.78, 5) is 12.3. The second kappa shape index (κ2) is 7.68. The predicted molar refractivity (Wildman–Crippen MR) is 85.0 cm³/mol. The van der Waals surface area contributed by atoms with E-state index in [1.54, 1.807) is 0 Å². The zero-order valence-electron chi connectivity index (χ0n) is 12.9. The number of hydrogen-bond acceptors (Lipinski definition) is 1. The third-order valence-electron chi connectivity index (χ3n) is 5.26. The van der Waals surface area contributed by atoms with E-state index in [4.69, 9.17) is 11.6 Å². The number of carbonyl (C=O) groups is 1. The summed E-state index contributed by atoms with van der Waals surface area (Å²) in [6, 6.07) is 0. The van der Waals surface area contributed by atoms with Crippen molar-refractivity contribution in [2.45, 2.75) is 83.1 Å². The molecule has 0 saturated heterocycles. The first-order valence-electron chi connectivity index (χ1n) is 8.50. The summed E-state index contributed by atoms with van der Waals surface area (Å²) in [7, 11) is 0. The molecule has 2 aliphatic carbocycles. The largest absolute Gasteiger partial charge is 0.349 e. The first-order valence-corrected chi connectivity index (χ1v) is 9.04. The minimum absolute atomic E-state index is 0.122. The molecule has 0 spiro atoms. The quantitative estimate of drug-likeness (QED) is 0.736. The van der Waals surface area contributed by atoms with Crippen LogP contribution in [0.2, 0.25) is 0 Å². The summed E-state index contributed by atoms with van der Waals surface area (Å²) < 4.78 is 0. The standard InChI is InChI=1S/C17H30ClNO/c1-14-6-5-11-17(12-14,13-18)19-16(20)10-9-15-7-3-2-4-8-15/h14-15H,2-13H2,1H3,(H,19,20). The number of halogens is 1. The van der Waals surface area contributed by atoms with Crippen LogP contribution in [0.15, 0.2) is 0 Å². The maximum atomic E-state index is 12.3. The summed E-state index contributed by atoms with van der Waals surface area (Å²) in [6.07, 6.45) is 13.1. The van der Waals surface area contributed by atoms with Gasteiger partial charge in [-0.3, -0.25) is 4.79 Å². The van der Waals surface area contributed by atoms with Crippen LogP contribution in [-0.4, -0.2) is 17.3 Å². The molecule has 2 atom stereocenters. The molecule has 2 unspecified atom stereocenters. The zero-order chi connectivity index (χ0) is 14.4. The Morgan fingerprint density at radius 1 is 1.20 bits per heavy atom. The number of carbonyl (C=O) groups excluding carboxylic acids is 1. The number of amides is 1. The molecular weight excluding hydrogens is 270 g/mol. The molecule has 1 amide bonds. The molecule has 0 aliphatic heterocycles. The molecule has 2 saturated carbocycles. The van der Waals surface area contributed by atoms with Crippen molar-refractivity contribution in [3.63, 3.8) is 0 Å². The normalized spacial score (nSPS) is 32.0. The Bertz CT molecular complexity index is 314. The van der Waals surface area contributed by atoms with E-state index < -0.39 is 0 Å². The molecule has 2 fully saturated rings. The van der Waals surface area contributed by atoms with Gasteiger partial charge in [0.05, 0.1) is 5.54 Å². The molecule has 0 aromatic rings. The van der Waals surface area contributed by atoms with Crippen molar-refractivity contribution in [2.24, 2.45) is 11.8 Å². The van der Waals surface area contributed by atoms with Crippen LogP contribution in [-0.2, 0) is 4.79 Å². The lowest BCUT2D eigenvalue weighted by Crippen LogP contribution is -2.52. The summed E-state index contributed by atoms with van der Waals surface area (Å²) in [6.45, 7) is 2.27. The van der Waals surface area contributed by atoms with Crippen LogP contribution in [0.1, 0.15) is 77.6 Å². The van der Waals surface area contributed by atoms with Crippen LogP contribution in [0, 0.1) is 11.8 Å². The van der Waals surface area contributed by atoms with Crippen molar-refractivity contribution >= 4 is 17.5 Å². The summed E-state index contributed by atoms with van der Waals surface area (Å²) in [5, 5.41) is 3.28. The molecule has 2 nitrogen and oxygen atoms in total. The van der Waals surface area contributed by atoms with Crippen LogP contribution < -0.4 is 5.32 Å². The van der Waals surface area contributed by atoms with E-state index in [9.17, 15) is 4.79 Å². The molecule has 116 valence electrons. The van der Waals surface area contributed by atoms with Crippen LogP contribution in [0.5, 0.6) is 0 Å². The van der Waals surface area contributed by atoms with Crippen LogP contribution in [0.4, 0.5) is 0 Å². The zero-order valence-corrected chi connectivity index (χ0v) is 13.7. The fraction of sp³-hybridized carbons (Fsp3) is 0.941. The van der Waals surface area contributed by atoms with Crippen LogP contribution >= 0.6 is 11.6 Å². The van der Waals surface area contributed by atoms with Crippen LogP contribution in [0.25, 0.3) is 0 Å². The maximum Gasteiger partial charge on any atom is 0.220 e. The number of rotatable bonds is 5.